The van der Waals surface area contributed by atoms with Crippen molar-refractivity contribution < 1.29 is 8.78 Å². The van der Waals surface area contributed by atoms with Gasteiger partial charge >= 0.3 is 0 Å². The van der Waals surface area contributed by atoms with Gasteiger partial charge in [-0.15, -0.1) is 0 Å². The second kappa shape index (κ2) is 3.42. The molecule has 82 valence electrons. The first-order valence-corrected chi connectivity index (χ1v) is 5.41. The molecule has 4 heteroatoms. The Morgan fingerprint density at radius 1 is 1.21 bits per heavy atom. The Kier molecular flexibility index (Phi) is 2.52. The average Bonchev–Trinajstić information content (AvgIpc) is 2.64. The van der Waals surface area contributed by atoms with Gasteiger partial charge in [0, 0.05) is 12.1 Å². The fraction of sp³-hybridized carbons (Fsp3) is 1.00. The molecule has 0 aromatic rings. The summed E-state index contributed by atoms with van der Waals surface area (Å²) in [6.45, 7) is 0.165. The van der Waals surface area contributed by atoms with E-state index in [1.165, 1.54) is 12.8 Å². The van der Waals surface area contributed by atoms with Crippen molar-refractivity contribution in [3.63, 3.8) is 0 Å². The Labute approximate surface area is 83.4 Å². The lowest BCUT2D eigenvalue weighted by atomic mass is 9.82. The SMILES string of the molecule is NCC(F)(F)CN1CCC12CCCC2. The van der Waals surface area contributed by atoms with Crippen molar-refractivity contribution in [3.8, 4) is 0 Å². The Morgan fingerprint density at radius 3 is 2.29 bits per heavy atom. The van der Waals surface area contributed by atoms with Crippen LogP contribution in [0, 0.1) is 0 Å². The molecule has 2 rings (SSSR count). The van der Waals surface area contributed by atoms with Crippen LogP contribution in [0.25, 0.3) is 0 Å². The third-order valence-corrected chi connectivity index (χ3v) is 3.77. The van der Waals surface area contributed by atoms with Gasteiger partial charge in [-0.3, -0.25) is 4.90 Å². The Bertz CT molecular complexity index is 212. The Morgan fingerprint density at radius 2 is 1.86 bits per heavy atom. The molecular weight excluding hydrogens is 186 g/mol. The minimum absolute atomic E-state index is 0.135. The first kappa shape index (κ1) is 10.3. The second-order valence-electron chi connectivity index (χ2n) is 4.66. The maximum Gasteiger partial charge on any atom is 0.272 e. The van der Waals surface area contributed by atoms with Crippen LogP contribution in [-0.2, 0) is 0 Å². The first-order chi connectivity index (χ1) is 6.58. The number of likely N-dealkylation sites (tertiary alicyclic amines) is 1. The highest BCUT2D eigenvalue weighted by atomic mass is 19.3. The lowest BCUT2D eigenvalue weighted by Crippen LogP contribution is -2.61. The summed E-state index contributed by atoms with van der Waals surface area (Å²) in [4.78, 5) is 1.95. The minimum Gasteiger partial charge on any atom is -0.325 e. The molecule has 2 aliphatic rings. The molecule has 1 saturated heterocycles. The number of hydrogen-bond donors (Lipinski definition) is 1. The molecule has 0 unspecified atom stereocenters. The number of nitrogens with two attached hydrogens (primary N) is 1. The van der Waals surface area contributed by atoms with Crippen LogP contribution in [0.15, 0.2) is 0 Å². The third-order valence-electron chi connectivity index (χ3n) is 3.77. The summed E-state index contributed by atoms with van der Waals surface area (Å²) in [5, 5.41) is 0. The van der Waals surface area contributed by atoms with Crippen LogP contribution in [0.2, 0.25) is 0 Å². The van der Waals surface area contributed by atoms with Gasteiger partial charge in [-0.25, -0.2) is 8.78 Å². The van der Waals surface area contributed by atoms with Gasteiger partial charge in [0.25, 0.3) is 5.92 Å². The van der Waals surface area contributed by atoms with E-state index in [0.29, 0.717) is 0 Å². The largest absolute Gasteiger partial charge is 0.325 e. The third kappa shape index (κ3) is 1.65. The lowest BCUT2D eigenvalue weighted by molar-refractivity contribution is -0.0961. The van der Waals surface area contributed by atoms with E-state index >= 15 is 0 Å². The van der Waals surface area contributed by atoms with E-state index in [0.717, 1.165) is 25.8 Å². The van der Waals surface area contributed by atoms with E-state index in [1.807, 2.05) is 4.90 Å². The number of nitrogens with zero attached hydrogens (tertiary/aromatic N) is 1. The zero-order valence-corrected chi connectivity index (χ0v) is 8.44. The van der Waals surface area contributed by atoms with Gasteiger partial charge in [-0.1, -0.05) is 12.8 Å². The van der Waals surface area contributed by atoms with Crippen LogP contribution >= 0.6 is 0 Å². The smallest absolute Gasteiger partial charge is 0.272 e. The zero-order valence-electron chi connectivity index (χ0n) is 8.44. The van der Waals surface area contributed by atoms with Crippen molar-refractivity contribution in [3.05, 3.63) is 0 Å². The van der Waals surface area contributed by atoms with Gasteiger partial charge in [-0.2, -0.15) is 0 Å². The Hall–Kier alpha value is -0.220. The van der Waals surface area contributed by atoms with E-state index in [4.69, 9.17) is 5.73 Å². The Balaban J connectivity index is 1.93. The monoisotopic (exact) mass is 204 g/mol. The van der Waals surface area contributed by atoms with Crippen LogP contribution in [0.3, 0.4) is 0 Å². The summed E-state index contributed by atoms with van der Waals surface area (Å²) in [6.07, 6.45) is 5.71. The molecule has 1 spiro atoms. The van der Waals surface area contributed by atoms with Gasteiger partial charge in [0.1, 0.15) is 0 Å². The number of hydrogen-bond acceptors (Lipinski definition) is 2. The van der Waals surface area contributed by atoms with Crippen molar-refractivity contribution in [1.82, 2.24) is 4.90 Å². The molecule has 1 saturated carbocycles. The summed E-state index contributed by atoms with van der Waals surface area (Å²) in [7, 11) is 0. The molecule has 0 amide bonds. The summed E-state index contributed by atoms with van der Waals surface area (Å²) in [6, 6.07) is 0. The molecular formula is C10H18F2N2. The van der Waals surface area contributed by atoms with E-state index in [-0.39, 0.29) is 12.1 Å². The number of halogens is 2. The highest BCUT2D eigenvalue weighted by molar-refractivity contribution is 5.03. The van der Waals surface area contributed by atoms with Crippen molar-refractivity contribution in [2.45, 2.75) is 43.6 Å². The quantitative estimate of drug-likeness (QED) is 0.756. The topological polar surface area (TPSA) is 29.3 Å². The normalized spacial score (nSPS) is 26.8. The van der Waals surface area contributed by atoms with Gasteiger partial charge in [-0.05, 0) is 19.3 Å². The molecule has 1 heterocycles. The van der Waals surface area contributed by atoms with E-state index in [2.05, 4.69) is 0 Å². The predicted molar refractivity (Wildman–Crippen MR) is 51.4 cm³/mol. The van der Waals surface area contributed by atoms with Crippen molar-refractivity contribution in [2.24, 2.45) is 5.73 Å². The molecule has 2 fully saturated rings. The summed E-state index contributed by atoms with van der Waals surface area (Å²) < 4.78 is 26.2. The highest BCUT2D eigenvalue weighted by Crippen LogP contribution is 2.45. The summed E-state index contributed by atoms with van der Waals surface area (Å²) in [5.41, 5.74) is 5.18. The minimum atomic E-state index is -2.70. The maximum absolute atomic E-state index is 13.1. The highest BCUT2D eigenvalue weighted by Gasteiger charge is 2.49. The summed E-state index contributed by atoms with van der Waals surface area (Å²) in [5.74, 6) is -2.70. The van der Waals surface area contributed by atoms with Crippen LogP contribution in [-0.4, -0.2) is 36.0 Å². The van der Waals surface area contributed by atoms with Gasteiger partial charge in [0.2, 0.25) is 0 Å². The fourth-order valence-electron chi connectivity index (χ4n) is 2.78. The van der Waals surface area contributed by atoms with Crippen LogP contribution in [0.5, 0.6) is 0 Å². The average molecular weight is 204 g/mol. The van der Waals surface area contributed by atoms with Crippen molar-refractivity contribution >= 4 is 0 Å². The van der Waals surface area contributed by atoms with Gasteiger partial charge in [0.05, 0.1) is 13.1 Å². The molecule has 1 aliphatic heterocycles. The molecule has 0 radical (unpaired) electrons. The molecule has 1 aliphatic carbocycles. The maximum atomic E-state index is 13.1. The predicted octanol–water partition coefficient (Wildman–Crippen LogP) is 1.60. The van der Waals surface area contributed by atoms with Gasteiger partial charge in [0.15, 0.2) is 0 Å². The second-order valence-corrected chi connectivity index (χ2v) is 4.66. The lowest BCUT2D eigenvalue weighted by Gasteiger charge is -2.52. The standard InChI is InChI=1S/C10H18F2N2/c11-10(12,7-13)8-14-6-5-9(14)3-1-2-4-9/h1-8,13H2. The molecule has 2 N–H and O–H groups in total. The number of rotatable bonds is 3. The summed E-state index contributed by atoms with van der Waals surface area (Å²) >= 11 is 0. The van der Waals surface area contributed by atoms with E-state index in [9.17, 15) is 8.78 Å². The number of alkyl halides is 2. The molecule has 0 atom stereocenters. The molecule has 0 bridgehead atoms. The van der Waals surface area contributed by atoms with Crippen LogP contribution in [0.4, 0.5) is 8.78 Å². The van der Waals surface area contributed by atoms with Crippen LogP contribution < -0.4 is 5.73 Å². The van der Waals surface area contributed by atoms with E-state index < -0.39 is 12.5 Å². The van der Waals surface area contributed by atoms with E-state index in [1.54, 1.807) is 0 Å². The first-order valence-electron chi connectivity index (χ1n) is 5.41. The molecule has 14 heavy (non-hydrogen) atoms. The zero-order chi connectivity index (χ0) is 10.2. The molecule has 0 aromatic carbocycles. The van der Waals surface area contributed by atoms with Gasteiger partial charge < -0.3 is 5.73 Å². The van der Waals surface area contributed by atoms with Crippen molar-refractivity contribution in [2.75, 3.05) is 19.6 Å². The fourth-order valence-corrected chi connectivity index (χ4v) is 2.78. The van der Waals surface area contributed by atoms with Crippen molar-refractivity contribution in [1.29, 1.82) is 0 Å². The molecule has 0 aromatic heterocycles. The van der Waals surface area contributed by atoms with Crippen LogP contribution in [0.1, 0.15) is 32.1 Å². The molecule has 2 nitrogen and oxygen atoms in total.